The molecule has 0 heterocycles. The molecule has 152 valence electrons. The van der Waals surface area contributed by atoms with Crippen molar-refractivity contribution in [2.45, 2.75) is 18.4 Å². The Morgan fingerprint density at radius 2 is 1.47 bits per heavy atom. The van der Waals surface area contributed by atoms with E-state index in [1.807, 2.05) is 48.5 Å². The molecule has 0 spiro atoms. The molecule has 1 unspecified atom stereocenters. The van der Waals surface area contributed by atoms with Crippen LogP contribution in [0.3, 0.4) is 0 Å². The summed E-state index contributed by atoms with van der Waals surface area (Å²) in [5.41, 5.74) is 4.82. The van der Waals surface area contributed by atoms with Crippen molar-refractivity contribution in [1.29, 1.82) is 0 Å². The van der Waals surface area contributed by atoms with Gasteiger partial charge in [0.05, 0.1) is 0 Å². The fourth-order valence-electron chi connectivity index (χ4n) is 3.89. The van der Waals surface area contributed by atoms with Gasteiger partial charge in [-0.3, -0.25) is 0 Å². The van der Waals surface area contributed by atoms with Gasteiger partial charge in [-0.15, -0.1) is 0 Å². The normalized spacial score (nSPS) is 13.2. The van der Waals surface area contributed by atoms with Gasteiger partial charge in [-0.1, -0.05) is 66.7 Å². The highest BCUT2D eigenvalue weighted by atomic mass is 16.5. The van der Waals surface area contributed by atoms with E-state index in [1.165, 1.54) is 6.07 Å². The van der Waals surface area contributed by atoms with Crippen LogP contribution in [0.1, 0.15) is 22.6 Å². The Morgan fingerprint density at radius 1 is 0.900 bits per heavy atom. The highest BCUT2D eigenvalue weighted by Crippen LogP contribution is 2.44. The zero-order chi connectivity index (χ0) is 21.1. The second-order valence-corrected chi connectivity index (χ2v) is 7.19. The number of phenols is 1. The summed E-state index contributed by atoms with van der Waals surface area (Å²) < 4.78 is 5.41. The molecule has 0 radical (unpaired) electrons. The molecular formula is C24H21NO5. The zero-order valence-corrected chi connectivity index (χ0v) is 16.1. The predicted octanol–water partition coefficient (Wildman–Crippen LogP) is 3.93. The summed E-state index contributed by atoms with van der Waals surface area (Å²) in [5, 5.41) is 21.7. The smallest absolute Gasteiger partial charge is 0.407 e. The number of carbonyl (C=O) groups is 2. The van der Waals surface area contributed by atoms with E-state index in [0.717, 1.165) is 22.3 Å². The molecule has 30 heavy (non-hydrogen) atoms. The molecule has 3 N–H and O–H groups in total. The Kier molecular flexibility index (Phi) is 5.39. The van der Waals surface area contributed by atoms with Crippen molar-refractivity contribution in [3.05, 3.63) is 89.5 Å². The first kappa shape index (κ1) is 19.5. The second-order valence-electron chi connectivity index (χ2n) is 7.19. The van der Waals surface area contributed by atoms with Crippen LogP contribution in [0, 0.1) is 0 Å². The molecule has 0 saturated carbocycles. The van der Waals surface area contributed by atoms with Crippen molar-refractivity contribution >= 4 is 12.1 Å². The number of carbonyl (C=O) groups excluding carboxylic acids is 1. The fourth-order valence-corrected chi connectivity index (χ4v) is 3.89. The number of ether oxygens (including phenoxy) is 1. The van der Waals surface area contributed by atoms with Gasteiger partial charge in [0.25, 0.3) is 0 Å². The van der Waals surface area contributed by atoms with Gasteiger partial charge < -0.3 is 20.3 Å². The third kappa shape index (κ3) is 3.85. The molecule has 1 aliphatic carbocycles. The average molecular weight is 403 g/mol. The van der Waals surface area contributed by atoms with Crippen LogP contribution in [0.5, 0.6) is 5.75 Å². The van der Waals surface area contributed by atoms with Crippen LogP contribution in [0.4, 0.5) is 4.79 Å². The zero-order valence-electron chi connectivity index (χ0n) is 16.1. The van der Waals surface area contributed by atoms with Crippen molar-refractivity contribution in [3.8, 4) is 16.9 Å². The van der Waals surface area contributed by atoms with Gasteiger partial charge >= 0.3 is 12.1 Å². The van der Waals surface area contributed by atoms with Gasteiger partial charge in [0.1, 0.15) is 18.4 Å². The Balaban J connectivity index is 1.44. The lowest BCUT2D eigenvalue weighted by Crippen LogP contribution is -2.42. The molecule has 0 aromatic heterocycles. The number of carboxylic acids is 1. The maximum Gasteiger partial charge on any atom is 0.407 e. The number of para-hydroxylation sites is 1. The van der Waals surface area contributed by atoms with E-state index in [-0.39, 0.29) is 24.7 Å². The Morgan fingerprint density at radius 3 is 2.07 bits per heavy atom. The maximum absolute atomic E-state index is 12.4. The third-order valence-electron chi connectivity index (χ3n) is 5.35. The highest BCUT2D eigenvalue weighted by Gasteiger charge is 2.29. The van der Waals surface area contributed by atoms with E-state index in [9.17, 15) is 19.8 Å². The monoisotopic (exact) mass is 403 g/mol. The molecule has 3 aromatic rings. The lowest BCUT2D eigenvalue weighted by Gasteiger charge is -2.18. The van der Waals surface area contributed by atoms with E-state index in [2.05, 4.69) is 5.32 Å². The molecule has 1 aliphatic rings. The molecule has 0 aliphatic heterocycles. The molecule has 1 amide bonds. The predicted molar refractivity (Wildman–Crippen MR) is 111 cm³/mol. The SMILES string of the molecule is O=C(NC(Cc1ccccc1O)C(=O)O)OCC1c2ccccc2-c2ccccc21. The first-order chi connectivity index (χ1) is 14.5. The van der Waals surface area contributed by atoms with Crippen molar-refractivity contribution < 1.29 is 24.5 Å². The van der Waals surface area contributed by atoms with E-state index in [1.54, 1.807) is 18.2 Å². The standard InChI is InChI=1S/C24H21NO5/c26-22-12-6-1-7-15(22)13-21(23(27)28)25-24(29)30-14-20-18-10-4-2-8-16(18)17-9-3-5-11-19(17)20/h1-12,20-21,26H,13-14H2,(H,25,29)(H,27,28). The summed E-state index contributed by atoms with van der Waals surface area (Å²) in [4.78, 5) is 23.9. The Hall–Kier alpha value is -3.80. The minimum atomic E-state index is -1.21. The summed E-state index contributed by atoms with van der Waals surface area (Å²) in [5.74, 6) is -1.32. The van der Waals surface area contributed by atoms with Crippen molar-refractivity contribution in [2.24, 2.45) is 0 Å². The molecule has 0 saturated heterocycles. The van der Waals surface area contributed by atoms with Crippen LogP contribution in [0.2, 0.25) is 0 Å². The summed E-state index contributed by atoms with van der Waals surface area (Å²) in [6.45, 7) is 0.1000. The van der Waals surface area contributed by atoms with Crippen molar-refractivity contribution in [3.63, 3.8) is 0 Å². The molecule has 0 fully saturated rings. The highest BCUT2D eigenvalue weighted by molar-refractivity contribution is 5.81. The summed E-state index contributed by atoms with van der Waals surface area (Å²) in [6, 6.07) is 21.2. The number of hydrogen-bond donors (Lipinski definition) is 3. The number of phenolic OH excluding ortho intramolecular Hbond substituents is 1. The van der Waals surface area contributed by atoms with Crippen LogP contribution >= 0.6 is 0 Å². The van der Waals surface area contributed by atoms with Gasteiger partial charge in [0.2, 0.25) is 0 Å². The lowest BCUT2D eigenvalue weighted by molar-refractivity contribution is -0.139. The summed E-state index contributed by atoms with van der Waals surface area (Å²) in [7, 11) is 0. The topological polar surface area (TPSA) is 95.9 Å². The van der Waals surface area contributed by atoms with Crippen LogP contribution < -0.4 is 5.32 Å². The van der Waals surface area contributed by atoms with Crippen LogP contribution in [-0.2, 0) is 16.0 Å². The first-order valence-corrected chi connectivity index (χ1v) is 9.66. The number of aliphatic carboxylic acids is 1. The lowest BCUT2D eigenvalue weighted by atomic mass is 9.98. The number of amides is 1. The van der Waals surface area contributed by atoms with Crippen LogP contribution in [-0.4, -0.2) is 34.9 Å². The largest absolute Gasteiger partial charge is 0.508 e. The van der Waals surface area contributed by atoms with E-state index >= 15 is 0 Å². The molecule has 0 bridgehead atoms. The third-order valence-corrected chi connectivity index (χ3v) is 5.35. The number of carboxylic acid groups (broad SMARTS) is 1. The number of fused-ring (bicyclic) bond motifs is 3. The van der Waals surface area contributed by atoms with Gasteiger partial charge in [-0.2, -0.15) is 0 Å². The average Bonchev–Trinajstić information content (AvgIpc) is 3.07. The second kappa shape index (κ2) is 8.29. The van der Waals surface area contributed by atoms with E-state index < -0.39 is 18.1 Å². The van der Waals surface area contributed by atoms with Gasteiger partial charge in [0.15, 0.2) is 0 Å². The van der Waals surface area contributed by atoms with E-state index in [0.29, 0.717) is 5.56 Å². The quantitative estimate of drug-likeness (QED) is 0.580. The molecule has 6 heteroatoms. The van der Waals surface area contributed by atoms with Gasteiger partial charge in [-0.25, -0.2) is 9.59 Å². The number of hydrogen-bond acceptors (Lipinski definition) is 4. The minimum Gasteiger partial charge on any atom is -0.508 e. The number of alkyl carbamates (subject to hydrolysis) is 1. The Labute approximate surface area is 173 Å². The number of aromatic hydroxyl groups is 1. The maximum atomic E-state index is 12.4. The van der Waals surface area contributed by atoms with Crippen LogP contribution in [0.25, 0.3) is 11.1 Å². The molecule has 1 atom stereocenters. The fraction of sp³-hybridized carbons (Fsp3) is 0.167. The summed E-state index contributed by atoms with van der Waals surface area (Å²) in [6.07, 6.45) is -0.855. The number of nitrogens with one attached hydrogen (secondary N) is 1. The van der Waals surface area contributed by atoms with Crippen molar-refractivity contribution in [2.75, 3.05) is 6.61 Å². The van der Waals surface area contributed by atoms with Crippen molar-refractivity contribution in [1.82, 2.24) is 5.32 Å². The molecule has 4 rings (SSSR count). The molecule has 6 nitrogen and oxygen atoms in total. The van der Waals surface area contributed by atoms with E-state index in [4.69, 9.17) is 4.74 Å². The van der Waals surface area contributed by atoms with Gasteiger partial charge in [0, 0.05) is 12.3 Å². The first-order valence-electron chi connectivity index (χ1n) is 9.66. The molecular weight excluding hydrogens is 382 g/mol. The Bertz CT molecular complexity index is 1050. The number of rotatable bonds is 6. The van der Waals surface area contributed by atoms with Crippen LogP contribution in [0.15, 0.2) is 72.8 Å². The number of benzene rings is 3. The van der Waals surface area contributed by atoms with Gasteiger partial charge in [-0.05, 0) is 33.9 Å². The summed E-state index contributed by atoms with van der Waals surface area (Å²) >= 11 is 0. The molecule has 3 aromatic carbocycles. The minimum absolute atomic E-state index is 0.0157.